The lowest BCUT2D eigenvalue weighted by Gasteiger charge is -2.30. The van der Waals surface area contributed by atoms with Gasteiger partial charge in [0.2, 0.25) is 0 Å². The van der Waals surface area contributed by atoms with Crippen LogP contribution in [0.3, 0.4) is 0 Å². The van der Waals surface area contributed by atoms with E-state index in [1.807, 2.05) is 0 Å². The molecule has 2 aliphatic rings. The summed E-state index contributed by atoms with van der Waals surface area (Å²) in [5.74, 6) is 2.03. The first-order valence-electron chi connectivity index (χ1n) is 6.74. The van der Waals surface area contributed by atoms with E-state index in [9.17, 15) is 0 Å². The van der Waals surface area contributed by atoms with Gasteiger partial charge in [-0.25, -0.2) is 0 Å². The second-order valence-corrected chi connectivity index (χ2v) is 5.54. The van der Waals surface area contributed by atoms with Crippen molar-refractivity contribution in [3.8, 4) is 0 Å². The van der Waals surface area contributed by atoms with E-state index in [0.29, 0.717) is 0 Å². The van der Waals surface area contributed by atoms with Crippen LogP contribution in [0.2, 0.25) is 0 Å². The van der Waals surface area contributed by atoms with Crippen molar-refractivity contribution in [2.75, 3.05) is 33.2 Å². The molecule has 15 heavy (non-hydrogen) atoms. The Morgan fingerprint density at radius 1 is 1.07 bits per heavy atom. The Morgan fingerprint density at radius 3 is 2.40 bits per heavy atom. The number of nitrogens with one attached hydrogen (secondary N) is 1. The lowest BCUT2D eigenvalue weighted by Crippen LogP contribution is -2.35. The molecule has 0 bridgehead atoms. The standard InChI is InChI=1S/C13H26N2/c1-15(10-7-12-3-2-4-12)11-13-5-8-14-9-6-13/h12-14H,2-11H2,1H3. The van der Waals surface area contributed by atoms with Crippen LogP contribution in [0.15, 0.2) is 0 Å². The highest BCUT2D eigenvalue weighted by Gasteiger charge is 2.19. The quantitative estimate of drug-likeness (QED) is 0.747. The van der Waals surface area contributed by atoms with Gasteiger partial charge in [-0.3, -0.25) is 0 Å². The van der Waals surface area contributed by atoms with E-state index in [4.69, 9.17) is 0 Å². The van der Waals surface area contributed by atoms with Crippen molar-refractivity contribution in [1.29, 1.82) is 0 Å². The summed E-state index contributed by atoms with van der Waals surface area (Å²) in [6, 6.07) is 0. The lowest BCUT2D eigenvalue weighted by atomic mass is 9.83. The summed E-state index contributed by atoms with van der Waals surface area (Å²) in [6.45, 7) is 5.13. The molecule has 0 atom stereocenters. The third-order valence-corrected chi connectivity index (χ3v) is 4.17. The Bertz CT molecular complexity index is 171. The van der Waals surface area contributed by atoms with E-state index in [1.54, 1.807) is 0 Å². The number of rotatable bonds is 5. The van der Waals surface area contributed by atoms with Gasteiger partial charge in [0, 0.05) is 6.54 Å². The minimum absolute atomic E-state index is 0.956. The SMILES string of the molecule is CN(CCC1CCC1)CC1CCNCC1. The molecule has 0 amide bonds. The third kappa shape index (κ3) is 3.76. The minimum atomic E-state index is 0.956. The van der Waals surface area contributed by atoms with Gasteiger partial charge in [-0.2, -0.15) is 0 Å². The molecule has 2 fully saturated rings. The van der Waals surface area contributed by atoms with Crippen molar-refractivity contribution >= 4 is 0 Å². The first-order valence-corrected chi connectivity index (χ1v) is 6.74. The predicted molar refractivity (Wildman–Crippen MR) is 65.0 cm³/mol. The summed E-state index contributed by atoms with van der Waals surface area (Å²) in [6.07, 6.45) is 8.70. The van der Waals surface area contributed by atoms with Crippen LogP contribution in [0, 0.1) is 11.8 Å². The molecule has 1 saturated heterocycles. The zero-order chi connectivity index (χ0) is 10.5. The van der Waals surface area contributed by atoms with Crippen LogP contribution in [0.1, 0.15) is 38.5 Å². The Kier molecular flexibility index (Phi) is 4.45. The average molecular weight is 210 g/mol. The molecule has 2 rings (SSSR count). The number of hydrogen-bond acceptors (Lipinski definition) is 2. The van der Waals surface area contributed by atoms with E-state index >= 15 is 0 Å². The van der Waals surface area contributed by atoms with Gasteiger partial charge >= 0.3 is 0 Å². The molecule has 1 heterocycles. The van der Waals surface area contributed by atoms with Gasteiger partial charge in [0.1, 0.15) is 0 Å². The van der Waals surface area contributed by atoms with Gasteiger partial charge in [-0.05, 0) is 57.8 Å². The zero-order valence-corrected chi connectivity index (χ0v) is 10.2. The summed E-state index contributed by atoms with van der Waals surface area (Å²) < 4.78 is 0. The highest BCUT2D eigenvalue weighted by molar-refractivity contribution is 4.74. The fourth-order valence-electron chi connectivity index (χ4n) is 2.78. The second-order valence-electron chi connectivity index (χ2n) is 5.54. The fraction of sp³-hybridized carbons (Fsp3) is 1.00. The molecule has 2 nitrogen and oxygen atoms in total. The maximum atomic E-state index is 3.44. The molecule has 0 radical (unpaired) electrons. The van der Waals surface area contributed by atoms with Crippen molar-refractivity contribution in [3.05, 3.63) is 0 Å². The minimum Gasteiger partial charge on any atom is -0.317 e. The number of piperidine rings is 1. The molecule has 1 saturated carbocycles. The van der Waals surface area contributed by atoms with Gasteiger partial charge in [0.15, 0.2) is 0 Å². The molecule has 0 unspecified atom stereocenters. The van der Waals surface area contributed by atoms with Crippen LogP contribution < -0.4 is 5.32 Å². The summed E-state index contributed by atoms with van der Waals surface area (Å²) in [4.78, 5) is 2.56. The normalized spacial score (nSPS) is 24.4. The zero-order valence-electron chi connectivity index (χ0n) is 10.2. The van der Waals surface area contributed by atoms with Gasteiger partial charge in [-0.15, -0.1) is 0 Å². The van der Waals surface area contributed by atoms with Crippen molar-refractivity contribution in [3.63, 3.8) is 0 Å². The predicted octanol–water partition coefficient (Wildman–Crippen LogP) is 2.11. The fourth-order valence-corrected chi connectivity index (χ4v) is 2.78. The van der Waals surface area contributed by atoms with E-state index in [0.717, 1.165) is 11.8 Å². The van der Waals surface area contributed by atoms with Gasteiger partial charge < -0.3 is 10.2 Å². The molecule has 0 aromatic rings. The Morgan fingerprint density at radius 2 is 1.80 bits per heavy atom. The summed E-state index contributed by atoms with van der Waals surface area (Å²) in [5.41, 5.74) is 0. The lowest BCUT2D eigenvalue weighted by molar-refractivity contribution is 0.203. The topological polar surface area (TPSA) is 15.3 Å². The van der Waals surface area contributed by atoms with Crippen molar-refractivity contribution in [1.82, 2.24) is 10.2 Å². The van der Waals surface area contributed by atoms with Crippen LogP contribution in [0.5, 0.6) is 0 Å². The van der Waals surface area contributed by atoms with Gasteiger partial charge in [0.25, 0.3) is 0 Å². The summed E-state index contributed by atoms with van der Waals surface area (Å²) in [7, 11) is 2.31. The molecule has 0 aromatic heterocycles. The molecule has 1 aliphatic carbocycles. The molecule has 0 aromatic carbocycles. The largest absolute Gasteiger partial charge is 0.317 e. The maximum absolute atomic E-state index is 3.44. The molecular formula is C13H26N2. The highest BCUT2D eigenvalue weighted by Crippen LogP contribution is 2.29. The van der Waals surface area contributed by atoms with Crippen molar-refractivity contribution in [2.24, 2.45) is 11.8 Å². The summed E-state index contributed by atoms with van der Waals surface area (Å²) >= 11 is 0. The van der Waals surface area contributed by atoms with Crippen LogP contribution in [-0.2, 0) is 0 Å². The monoisotopic (exact) mass is 210 g/mol. The van der Waals surface area contributed by atoms with Crippen molar-refractivity contribution < 1.29 is 0 Å². The molecule has 88 valence electrons. The Hall–Kier alpha value is -0.0800. The van der Waals surface area contributed by atoms with Crippen LogP contribution >= 0.6 is 0 Å². The number of nitrogens with zero attached hydrogens (tertiary/aromatic N) is 1. The Balaban J connectivity index is 1.56. The summed E-state index contributed by atoms with van der Waals surface area (Å²) in [5, 5.41) is 3.44. The molecule has 1 aliphatic heterocycles. The third-order valence-electron chi connectivity index (χ3n) is 4.17. The highest BCUT2D eigenvalue weighted by atomic mass is 15.1. The first-order chi connectivity index (χ1) is 7.34. The maximum Gasteiger partial charge on any atom is 0.000756 e. The van der Waals surface area contributed by atoms with Crippen LogP contribution in [-0.4, -0.2) is 38.1 Å². The van der Waals surface area contributed by atoms with E-state index in [1.165, 1.54) is 64.7 Å². The van der Waals surface area contributed by atoms with Gasteiger partial charge in [-0.1, -0.05) is 19.3 Å². The smallest absolute Gasteiger partial charge is 0.000756 e. The number of hydrogen-bond donors (Lipinski definition) is 1. The second kappa shape index (κ2) is 5.86. The van der Waals surface area contributed by atoms with Crippen molar-refractivity contribution in [2.45, 2.75) is 38.5 Å². The first kappa shape index (κ1) is 11.4. The van der Waals surface area contributed by atoms with E-state index in [-0.39, 0.29) is 0 Å². The molecular weight excluding hydrogens is 184 g/mol. The molecule has 0 spiro atoms. The van der Waals surface area contributed by atoms with Crippen LogP contribution in [0.4, 0.5) is 0 Å². The van der Waals surface area contributed by atoms with Gasteiger partial charge in [0.05, 0.1) is 0 Å². The molecule has 1 N–H and O–H groups in total. The average Bonchev–Trinajstić information content (AvgIpc) is 2.17. The molecule has 2 heteroatoms. The van der Waals surface area contributed by atoms with Crippen LogP contribution in [0.25, 0.3) is 0 Å². The van der Waals surface area contributed by atoms with E-state index < -0.39 is 0 Å². The van der Waals surface area contributed by atoms with E-state index in [2.05, 4.69) is 17.3 Å². The Labute approximate surface area is 94.4 Å².